The molecule has 1 fully saturated rings. The van der Waals surface area contributed by atoms with E-state index in [2.05, 4.69) is 20.9 Å². The molecule has 31 heavy (non-hydrogen) atoms. The number of nitrogens with zero attached hydrogens (tertiary/aromatic N) is 4. The Hall–Kier alpha value is -2.70. The van der Waals surface area contributed by atoms with Crippen molar-refractivity contribution >= 4 is 34.1 Å². The second-order valence-corrected chi connectivity index (χ2v) is 9.12. The summed E-state index contributed by atoms with van der Waals surface area (Å²) < 4.78 is 5.75. The van der Waals surface area contributed by atoms with Gasteiger partial charge in [-0.25, -0.2) is 4.98 Å². The first-order chi connectivity index (χ1) is 14.9. The van der Waals surface area contributed by atoms with E-state index in [4.69, 9.17) is 16.3 Å². The van der Waals surface area contributed by atoms with Crippen molar-refractivity contribution in [3.63, 3.8) is 0 Å². The van der Waals surface area contributed by atoms with E-state index in [-0.39, 0.29) is 11.3 Å². The molecule has 2 aliphatic rings. The van der Waals surface area contributed by atoms with Crippen molar-refractivity contribution in [2.24, 2.45) is 0 Å². The van der Waals surface area contributed by atoms with Crippen molar-refractivity contribution in [2.45, 2.75) is 24.7 Å². The molecule has 1 amide bonds. The largest absolute Gasteiger partial charge is 0.477 e. The second-order valence-electron chi connectivity index (χ2n) is 8.71. The Labute approximate surface area is 186 Å². The lowest BCUT2D eigenvalue weighted by atomic mass is 9.92. The SMILES string of the molecule is CN(C)CCCOc1ncc(-c2ccc3ncc4c(c3c2)C2(CC2)C(=O)N4C)cc1Cl. The normalized spacial score (nSPS) is 16.4. The number of benzene rings is 1. The molecule has 3 heterocycles. The lowest BCUT2D eigenvalue weighted by Crippen LogP contribution is -2.28. The van der Waals surface area contributed by atoms with Crippen LogP contribution < -0.4 is 9.64 Å². The summed E-state index contributed by atoms with van der Waals surface area (Å²) in [6, 6.07) is 8.02. The summed E-state index contributed by atoms with van der Waals surface area (Å²) in [5, 5.41) is 1.53. The first-order valence-electron chi connectivity index (χ1n) is 10.6. The molecule has 5 rings (SSSR count). The number of ether oxygens (including phenoxy) is 1. The van der Waals surface area contributed by atoms with E-state index in [9.17, 15) is 4.79 Å². The van der Waals surface area contributed by atoms with Gasteiger partial charge in [0.25, 0.3) is 0 Å². The minimum absolute atomic E-state index is 0.183. The molecule has 0 N–H and O–H groups in total. The van der Waals surface area contributed by atoms with Gasteiger partial charge in [-0.3, -0.25) is 9.78 Å². The summed E-state index contributed by atoms with van der Waals surface area (Å²) in [6.07, 6.45) is 6.32. The third kappa shape index (κ3) is 3.34. The molecule has 0 atom stereocenters. The number of halogens is 1. The fourth-order valence-electron chi connectivity index (χ4n) is 4.48. The molecule has 1 aliphatic carbocycles. The van der Waals surface area contributed by atoms with Gasteiger partial charge in [-0.1, -0.05) is 17.7 Å². The number of likely N-dealkylation sites (N-methyl/N-ethyl adjacent to an activating group) is 1. The lowest BCUT2D eigenvalue weighted by Gasteiger charge is -2.13. The van der Waals surface area contributed by atoms with Gasteiger partial charge in [0.15, 0.2) is 0 Å². The van der Waals surface area contributed by atoms with Gasteiger partial charge in [0.1, 0.15) is 5.02 Å². The molecule has 7 heteroatoms. The predicted octanol–water partition coefficient (Wildman–Crippen LogP) is 4.29. The Balaban J connectivity index is 1.47. The van der Waals surface area contributed by atoms with E-state index in [0.29, 0.717) is 17.5 Å². The summed E-state index contributed by atoms with van der Waals surface area (Å²) in [5.74, 6) is 0.638. The minimum Gasteiger partial charge on any atom is -0.477 e. The van der Waals surface area contributed by atoms with Crippen LogP contribution in [-0.4, -0.2) is 55.1 Å². The van der Waals surface area contributed by atoms with E-state index in [1.807, 2.05) is 45.5 Å². The maximum atomic E-state index is 12.8. The molecular formula is C24H25ClN4O2. The van der Waals surface area contributed by atoms with Gasteiger partial charge in [0.2, 0.25) is 11.8 Å². The predicted molar refractivity (Wildman–Crippen MR) is 123 cm³/mol. The number of hydrogen-bond donors (Lipinski definition) is 0. The standard InChI is InChI=1S/C24H25ClN4O2/c1-28(2)9-4-10-31-22-18(25)12-16(13-27-22)15-5-6-19-17(11-15)21-20(14-26-19)29(3)23(30)24(21)7-8-24/h5-6,11-14H,4,7-10H2,1-3H3. The minimum atomic E-state index is -0.357. The van der Waals surface area contributed by atoms with Gasteiger partial charge in [-0.15, -0.1) is 0 Å². The summed E-state index contributed by atoms with van der Waals surface area (Å²) in [4.78, 5) is 25.7. The molecule has 0 radical (unpaired) electrons. The molecule has 2 aromatic heterocycles. The lowest BCUT2D eigenvalue weighted by molar-refractivity contribution is -0.119. The Morgan fingerprint density at radius 1 is 1.16 bits per heavy atom. The van der Waals surface area contributed by atoms with Gasteiger partial charge in [-0.2, -0.15) is 0 Å². The number of anilines is 1. The molecule has 1 aromatic carbocycles. The van der Waals surface area contributed by atoms with Gasteiger partial charge in [0, 0.05) is 36.3 Å². The first-order valence-corrected chi connectivity index (χ1v) is 10.9. The molecule has 0 saturated heterocycles. The van der Waals surface area contributed by atoms with Crippen molar-refractivity contribution in [1.29, 1.82) is 0 Å². The number of carbonyl (C=O) groups excluding carboxylic acids is 1. The number of hydrogen-bond acceptors (Lipinski definition) is 5. The summed E-state index contributed by atoms with van der Waals surface area (Å²) >= 11 is 6.46. The number of pyridine rings is 2. The molecule has 6 nitrogen and oxygen atoms in total. The van der Waals surface area contributed by atoms with Crippen LogP contribution in [0.2, 0.25) is 5.02 Å². The molecule has 160 valence electrons. The maximum absolute atomic E-state index is 12.8. The van der Waals surface area contributed by atoms with Gasteiger partial charge in [0.05, 0.1) is 29.4 Å². The quantitative estimate of drug-likeness (QED) is 0.539. The fraction of sp³-hybridized carbons (Fsp3) is 0.375. The average Bonchev–Trinajstić information content (AvgIpc) is 3.53. The number of aromatic nitrogens is 2. The van der Waals surface area contributed by atoms with Crippen molar-refractivity contribution < 1.29 is 9.53 Å². The third-order valence-electron chi connectivity index (χ3n) is 6.28. The highest BCUT2D eigenvalue weighted by molar-refractivity contribution is 6.32. The van der Waals surface area contributed by atoms with E-state index >= 15 is 0 Å². The Morgan fingerprint density at radius 2 is 1.97 bits per heavy atom. The third-order valence-corrected chi connectivity index (χ3v) is 6.55. The molecule has 0 unspecified atom stereocenters. The number of carbonyl (C=O) groups is 1. The van der Waals surface area contributed by atoms with Crippen LogP contribution in [-0.2, 0) is 10.2 Å². The van der Waals surface area contributed by atoms with Gasteiger partial charge < -0.3 is 14.5 Å². The van der Waals surface area contributed by atoms with Gasteiger partial charge in [-0.05, 0) is 57.1 Å². The van der Waals surface area contributed by atoms with Crippen molar-refractivity contribution in [1.82, 2.24) is 14.9 Å². The second kappa shape index (κ2) is 7.46. The van der Waals surface area contributed by atoms with Gasteiger partial charge >= 0.3 is 0 Å². The zero-order valence-electron chi connectivity index (χ0n) is 18.0. The Bertz CT molecular complexity index is 1190. The molecular weight excluding hydrogens is 412 g/mol. The van der Waals surface area contributed by atoms with Crippen molar-refractivity contribution in [3.8, 4) is 17.0 Å². The maximum Gasteiger partial charge on any atom is 0.237 e. The molecule has 1 aliphatic heterocycles. The van der Waals surface area contributed by atoms with E-state index in [0.717, 1.165) is 59.1 Å². The van der Waals surface area contributed by atoms with E-state index in [1.165, 1.54) is 0 Å². The average molecular weight is 437 g/mol. The summed E-state index contributed by atoms with van der Waals surface area (Å²) in [6.45, 7) is 1.52. The Morgan fingerprint density at radius 3 is 2.68 bits per heavy atom. The van der Waals surface area contributed by atoms with E-state index < -0.39 is 0 Å². The van der Waals surface area contributed by atoms with E-state index in [1.54, 1.807) is 11.1 Å². The summed E-state index contributed by atoms with van der Waals surface area (Å²) in [7, 11) is 5.91. The topological polar surface area (TPSA) is 58.6 Å². The number of fused-ring (bicyclic) bond motifs is 4. The zero-order valence-corrected chi connectivity index (χ0v) is 18.7. The first kappa shape index (κ1) is 20.2. The van der Waals surface area contributed by atoms with Crippen molar-refractivity contribution in [2.75, 3.05) is 39.2 Å². The monoisotopic (exact) mass is 436 g/mol. The van der Waals surface area contributed by atoms with Crippen molar-refractivity contribution in [3.05, 3.63) is 47.2 Å². The molecule has 1 saturated carbocycles. The van der Waals surface area contributed by atoms with Crippen LogP contribution in [0.1, 0.15) is 24.8 Å². The highest BCUT2D eigenvalue weighted by Gasteiger charge is 2.59. The highest BCUT2D eigenvalue weighted by Crippen LogP contribution is 2.58. The van der Waals surface area contributed by atoms with Crippen LogP contribution in [0.4, 0.5) is 5.69 Å². The number of rotatable bonds is 6. The molecule has 0 bridgehead atoms. The smallest absolute Gasteiger partial charge is 0.237 e. The Kier molecular flexibility index (Phi) is 4.87. The van der Waals surface area contributed by atoms with Crippen LogP contribution in [0.25, 0.3) is 22.0 Å². The number of amides is 1. The van der Waals surface area contributed by atoms with Crippen LogP contribution in [0, 0.1) is 0 Å². The highest BCUT2D eigenvalue weighted by atomic mass is 35.5. The summed E-state index contributed by atoms with van der Waals surface area (Å²) in [5.41, 5.74) is 4.49. The van der Waals surface area contributed by atoms with Crippen LogP contribution in [0.3, 0.4) is 0 Å². The van der Waals surface area contributed by atoms with Crippen LogP contribution in [0.15, 0.2) is 36.7 Å². The molecule has 3 aromatic rings. The molecule has 1 spiro atoms. The fourth-order valence-corrected chi connectivity index (χ4v) is 4.71. The van der Waals surface area contributed by atoms with Crippen LogP contribution >= 0.6 is 11.6 Å². The van der Waals surface area contributed by atoms with Crippen LogP contribution in [0.5, 0.6) is 5.88 Å². The zero-order chi connectivity index (χ0) is 21.8.